The van der Waals surface area contributed by atoms with E-state index in [1.165, 1.54) is 25.3 Å². The molecular formula is C21H26F3NO4. The van der Waals surface area contributed by atoms with Gasteiger partial charge >= 0.3 is 18.1 Å². The van der Waals surface area contributed by atoms with E-state index in [2.05, 4.69) is 4.74 Å². The highest BCUT2D eigenvalue weighted by molar-refractivity contribution is 5.88. The predicted octanol–water partition coefficient (Wildman–Crippen LogP) is 4.45. The van der Waals surface area contributed by atoms with Crippen LogP contribution in [0.3, 0.4) is 0 Å². The van der Waals surface area contributed by atoms with E-state index in [1.54, 1.807) is 25.7 Å². The lowest BCUT2D eigenvalue weighted by atomic mass is 9.95. The molecule has 0 radical (unpaired) electrons. The summed E-state index contributed by atoms with van der Waals surface area (Å²) in [6.07, 6.45) is -0.925. The zero-order valence-corrected chi connectivity index (χ0v) is 17.0. The lowest BCUT2D eigenvalue weighted by Crippen LogP contribution is -2.39. The van der Waals surface area contributed by atoms with E-state index >= 15 is 0 Å². The second-order valence-electron chi connectivity index (χ2n) is 7.92. The Labute approximate surface area is 168 Å². The number of alkyl halides is 3. The Bertz CT molecular complexity index is 773. The van der Waals surface area contributed by atoms with Gasteiger partial charge in [-0.25, -0.2) is 4.79 Å². The Morgan fingerprint density at radius 2 is 1.76 bits per heavy atom. The summed E-state index contributed by atoms with van der Waals surface area (Å²) in [6, 6.07) is 3.39. The fraction of sp³-hybridized carbons (Fsp3) is 0.524. The summed E-state index contributed by atoms with van der Waals surface area (Å²) in [4.78, 5) is 25.4. The topological polar surface area (TPSA) is 55.8 Å². The first-order valence-electron chi connectivity index (χ1n) is 9.36. The van der Waals surface area contributed by atoms with Crippen LogP contribution in [0.2, 0.25) is 0 Å². The average molecular weight is 413 g/mol. The van der Waals surface area contributed by atoms with Gasteiger partial charge in [0.1, 0.15) is 5.60 Å². The van der Waals surface area contributed by atoms with Gasteiger partial charge in [-0.1, -0.05) is 6.07 Å². The number of hydrogen-bond acceptors (Lipinski definition) is 5. The third kappa shape index (κ3) is 6.51. The van der Waals surface area contributed by atoms with E-state index in [1.807, 2.05) is 0 Å². The summed E-state index contributed by atoms with van der Waals surface area (Å²) in [5.41, 5.74) is -0.514. The molecule has 0 unspecified atom stereocenters. The molecular weight excluding hydrogens is 387 g/mol. The Morgan fingerprint density at radius 1 is 1.14 bits per heavy atom. The number of halogens is 3. The molecule has 0 bridgehead atoms. The maximum atomic E-state index is 13.2. The predicted molar refractivity (Wildman–Crippen MR) is 103 cm³/mol. The zero-order valence-electron chi connectivity index (χ0n) is 17.0. The van der Waals surface area contributed by atoms with Crippen LogP contribution < -0.4 is 4.90 Å². The Hall–Kier alpha value is -2.51. The summed E-state index contributed by atoms with van der Waals surface area (Å²) >= 11 is 0. The standard InChI is InChI=1S/C21H26F3NO4/c1-20(2,3)29-19(27)15-9-11-25(12-10-15)17-13-16(21(22,23)24)7-5-14(17)6-8-18(26)28-4/h5-8,13,15H,9-12H2,1-4H3/b8-6-. The number of carbonyl (C=O) groups excluding carboxylic acids is 2. The van der Waals surface area contributed by atoms with Crippen LogP contribution >= 0.6 is 0 Å². The quantitative estimate of drug-likeness (QED) is 0.539. The number of nitrogens with zero attached hydrogens (tertiary/aromatic N) is 1. The highest BCUT2D eigenvalue weighted by Crippen LogP contribution is 2.35. The summed E-state index contributed by atoms with van der Waals surface area (Å²) in [5.74, 6) is -1.17. The van der Waals surface area contributed by atoms with Gasteiger partial charge in [0.05, 0.1) is 18.6 Å². The molecule has 1 heterocycles. The molecule has 0 aliphatic carbocycles. The maximum Gasteiger partial charge on any atom is 0.416 e. The minimum Gasteiger partial charge on any atom is -0.466 e. The smallest absolute Gasteiger partial charge is 0.416 e. The second kappa shape index (κ2) is 8.88. The molecule has 1 aromatic carbocycles. The molecule has 1 aromatic rings. The summed E-state index contributed by atoms with van der Waals surface area (Å²) < 4.78 is 49.5. The summed E-state index contributed by atoms with van der Waals surface area (Å²) in [6.45, 7) is 6.20. The number of anilines is 1. The van der Waals surface area contributed by atoms with Crippen LogP contribution in [0.1, 0.15) is 44.7 Å². The largest absolute Gasteiger partial charge is 0.466 e. The first-order chi connectivity index (χ1) is 13.4. The van der Waals surface area contributed by atoms with Crippen molar-refractivity contribution < 1.29 is 32.2 Å². The molecule has 5 nitrogen and oxygen atoms in total. The van der Waals surface area contributed by atoms with Crippen molar-refractivity contribution in [3.05, 3.63) is 35.4 Å². The second-order valence-corrected chi connectivity index (χ2v) is 7.92. The number of carbonyl (C=O) groups is 2. The zero-order chi connectivity index (χ0) is 21.8. The van der Waals surface area contributed by atoms with Crippen molar-refractivity contribution in [3.8, 4) is 0 Å². The first kappa shape index (κ1) is 22.8. The SMILES string of the molecule is COC(=O)/C=C\c1ccc(C(F)(F)F)cc1N1CCC(C(=O)OC(C)(C)C)CC1. The van der Waals surface area contributed by atoms with Crippen molar-refractivity contribution in [1.82, 2.24) is 0 Å². The van der Waals surface area contributed by atoms with Gasteiger partial charge in [-0.05, 0) is 57.4 Å². The molecule has 29 heavy (non-hydrogen) atoms. The third-order valence-electron chi connectivity index (χ3n) is 4.53. The van der Waals surface area contributed by atoms with Gasteiger partial charge < -0.3 is 14.4 Å². The minimum absolute atomic E-state index is 0.285. The molecule has 0 saturated carbocycles. The molecule has 2 rings (SSSR count). The Kier molecular flexibility index (Phi) is 6.97. The molecule has 1 saturated heterocycles. The molecule has 1 fully saturated rings. The van der Waals surface area contributed by atoms with Gasteiger partial charge in [-0.15, -0.1) is 0 Å². The fourth-order valence-corrected chi connectivity index (χ4v) is 3.10. The molecule has 8 heteroatoms. The number of methoxy groups -OCH3 is 1. The van der Waals surface area contributed by atoms with Crippen LogP contribution in [0, 0.1) is 5.92 Å². The van der Waals surface area contributed by atoms with Crippen LogP contribution in [0.25, 0.3) is 6.08 Å². The molecule has 1 aliphatic heterocycles. The maximum absolute atomic E-state index is 13.2. The van der Waals surface area contributed by atoms with E-state index in [9.17, 15) is 22.8 Å². The van der Waals surface area contributed by atoms with Gasteiger partial charge in [-0.2, -0.15) is 13.2 Å². The number of hydrogen-bond donors (Lipinski definition) is 0. The van der Waals surface area contributed by atoms with Gasteiger partial charge in [0.2, 0.25) is 0 Å². The Balaban J connectivity index is 2.22. The van der Waals surface area contributed by atoms with E-state index in [0.29, 0.717) is 37.2 Å². The van der Waals surface area contributed by atoms with E-state index in [0.717, 1.165) is 12.1 Å². The van der Waals surface area contributed by atoms with Crippen molar-refractivity contribution >= 4 is 23.7 Å². The van der Waals surface area contributed by atoms with Crippen LogP contribution in [0.4, 0.5) is 18.9 Å². The van der Waals surface area contributed by atoms with Crippen molar-refractivity contribution in [2.75, 3.05) is 25.1 Å². The van der Waals surface area contributed by atoms with Crippen LogP contribution in [0.15, 0.2) is 24.3 Å². The average Bonchev–Trinajstić information content (AvgIpc) is 2.64. The number of esters is 2. The van der Waals surface area contributed by atoms with Gasteiger partial charge in [0.15, 0.2) is 0 Å². The van der Waals surface area contributed by atoms with Crippen LogP contribution in [-0.4, -0.2) is 37.7 Å². The van der Waals surface area contributed by atoms with Gasteiger partial charge in [0.25, 0.3) is 0 Å². The first-order valence-corrected chi connectivity index (χ1v) is 9.36. The number of rotatable bonds is 4. The summed E-state index contributed by atoms with van der Waals surface area (Å²) in [7, 11) is 1.22. The molecule has 0 amide bonds. The van der Waals surface area contributed by atoms with E-state index in [-0.39, 0.29) is 11.9 Å². The number of ether oxygens (including phenoxy) is 2. The number of piperidine rings is 1. The van der Waals surface area contributed by atoms with Crippen molar-refractivity contribution in [3.63, 3.8) is 0 Å². The molecule has 0 aromatic heterocycles. The highest BCUT2D eigenvalue weighted by atomic mass is 19.4. The van der Waals surface area contributed by atoms with Crippen molar-refractivity contribution in [1.29, 1.82) is 0 Å². The Morgan fingerprint density at radius 3 is 2.28 bits per heavy atom. The molecule has 0 spiro atoms. The monoisotopic (exact) mass is 413 g/mol. The lowest BCUT2D eigenvalue weighted by molar-refractivity contribution is -0.160. The van der Waals surface area contributed by atoms with Crippen LogP contribution in [0.5, 0.6) is 0 Å². The molecule has 160 valence electrons. The fourth-order valence-electron chi connectivity index (χ4n) is 3.10. The van der Waals surface area contributed by atoms with Crippen LogP contribution in [-0.2, 0) is 25.2 Å². The van der Waals surface area contributed by atoms with E-state index < -0.39 is 23.3 Å². The third-order valence-corrected chi connectivity index (χ3v) is 4.53. The van der Waals surface area contributed by atoms with Crippen molar-refractivity contribution in [2.24, 2.45) is 5.92 Å². The molecule has 0 atom stereocenters. The minimum atomic E-state index is -4.48. The van der Waals surface area contributed by atoms with Gasteiger partial charge in [0, 0.05) is 24.9 Å². The van der Waals surface area contributed by atoms with E-state index in [4.69, 9.17) is 4.74 Å². The summed E-state index contributed by atoms with van der Waals surface area (Å²) in [5, 5.41) is 0. The normalized spacial score (nSPS) is 16.2. The molecule has 1 aliphatic rings. The lowest BCUT2D eigenvalue weighted by Gasteiger charge is -2.35. The number of benzene rings is 1. The molecule has 0 N–H and O–H groups in total. The van der Waals surface area contributed by atoms with Crippen molar-refractivity contribution in [2.45, 2.75) is 45.4 Å². The van der Waals surface area contributed by atoms with Gasteiger partial charge in [-0.3, -0.25) is 4.79 Å². The highest BCUT2D eigenvalue weighted by Gasteiger charge is 2.33.